The first kappa shape index (κ1) is 29.1. The minimum Gasteiger partial charge on any atom is -0.493 e. The summed E-state index contributed by atoms with van der Waals surface area (Å²) < 4.78 is 11.4. The zero-order valence-corrected chi connectivity index (χ0v) is 24.3. The molecule has 42 heavy (non-hydrogen) atoms. The van der Waals surface area contributed by atoms with E-state index in [1.165, 1.54) is 10.5 Å². The van der Waals surface area contributed by atoms with Gasteiger partial charge in [0, 0.05) is 25.7 Å². The van der Waals surface area contributed by atoms with Gasteiger partial charge in [-0.1, -0.05) is 56.3 Å². The minimum absolute atomic E-state index is 0.00909. The van der Waals surface area contributed by atoms with Gasteiger partial charge in [0.2, 0.25) is 11.8 Å². The van der Waals surface area contributed by atoms with Gasteiger partial charge in [-0.3, -0.25) is 19.3 Å². The van der Waals surface area contributed by atoms with Crippen molar-refractivity contribution in [3.8, 4) is 17.2 Å². The van der Waals surface area contributed by atoms with Gasteiger partial charge in [-0.15, -0.1) is 0 Å². The maximum atomic E-state index is 13.9. The molecule has 0 aliphatic carbocycles. The van der Waals surface area contributed by atoms with Gasteiger partial charge in [0.15, 0.2) is 11.5 Å². The van der Waals surface area contributed by atoms with Crippen LogP contribution >= 0.6 is 0 Å². The Hall–Kier alpha value is -4.37. The van der Waals surface area contributed by atoms with Crippen LogP contribution in [0, 0.1) is 5.92 Å². The fourth-order valence-corrected chi connectivity index (χ4v) is 5.67. The molecule has 2 aliphatic heterocycles. The van der Waals surface area contributed by atoms with E-state index in [1.807, 2.05) is 44.2 Å². The summed E-state index contributed by atoms with van der Waals surface area (Å²) in [6.45, 7) is 6.20. The molecule has 9 nitrogen and oxygen atoms in total. The van der Waals surface area contributed by atoms with Gasteiger partial charge in [-0.05, 0) is 54.7 Å². The van der Waals surface area contributed by atoms with E-state index < -0.39 is 11.9 Å². The van der Waals surface area contributed by atoms with Crippen LogP contribution in [-0.4, -0.2) is 66.3 Å². The molecule has 1 saturated heterocycles. The minimum atomic E-state index is -0.810. The molecule has 0 radical (unpaired) electrons. The van der Waals surface area contributed by atoms with Gasteiger partial charge in [0.25, 0.3) is 5.91 Å². The normalized spacial score (nSPS) is 16.8. The number of carbonyl (C=O) groups excluding carboxylic acids is 3. The van der Waals surface area contributed by atoms with E-state index in [4.69, 9.17) is 9.47 Å². The van der Waals surface area contributed by atoms with E-state index in [-0.39, 0.29) is 35.9 Å². The van der Waals surface area contributed by atoms with Crippen molar-refractivity contribution in [2.24, 2.45) is 5.92 Å². The van der Waals surface area contributed by atoms with Crippen molar-refractivity contribution in [3.63, 3.8) is 0 Å². The number of anilines is 1. The van der Waals surface area contributed by atoms with E-state index in [9.17, 15) is 14.4 Å². The van der Waals surface area contributed by atoms with Crippen molar-refractivity contribution >= 4 is 23.4 Å². The SMILES string of the molecule is COc1ccccc1Oc1ccc2c(c1)C(=O)N([C@@H](C(=O)NC1CCN(Cc3ccccc3)CC1)C(C)C)CC(=O)N2. The highest BCUT2D eigenvalue weighted by atomic mass is 16.5. The van der Waals surface area contributed by atoms with Crippen molar-refractivity contribution in [2.75, 3.05) is 32.1 Å². The zero-order valence-electron chi connectivity index (χ0n) is 24.3. The number of benzene rings is 3. The van der Waals surface area contributed by atoms with Gasteiger partial charge in [-0.25, -0.2) is 0 Å². The quantitative estimate of drug-likeness (QED) is 0.387. The molecule has 5 rings (SSSR count). The number of hydrogen-bond donors (Lipinski definition) is 2. The van der Waals surface area contributed by atoms with Crippen molar-refractivity contribution in [2.45, 2.75) is 45.3 Å². The third-order valence-electron chi connectivity index (χ3n) is 7.79. The van der Waals surface area contributed by atoms with Gasteiger partial charge >= 0.3 is 0 Å². The Morgan fingerprint density at radius 1 is 0.976 bits per heavy atom. The first-order valence-corrected chi connectivity index (χ1v) is 14.4. The largest absolute Gasteiger partial charge is 0.493 e. The molecule has 0 bridgehead atoms. The first-order valence-electron chi connectivity index (χ1n) is 14.4. The van der Waals surface area contributed by atoms with Crippen molar-refractivity contribution in [1.82, 2.24) is 15.1 Å². The number of methoxy groups -OCH3 is 1. The van der Waals surface area contributed by atoms with E-state index in [2.05, 4.69) is 27.7 Å². The van der Waals surface area contributed by atoms with Gasteiger partial charge < -0.3 is 25.0 Å². The Morgan fingerprint density at radius 3 is 2.36 bits per heavy atom. The van der Waals surface area contributed by atoms with Crippen LogP contribution in [0.2, 0.25) is 0 Å². The second-order valence-electron chi connectivity index (χ2n) is 11.2. The number of nitrogens with zero attached hydrogens (tertiary/aromatic N) is 2. The van der Waals surface area contributed by atoms with Crippen LogP contribution in [-0.2, 0) is 16.1 Å². The predicted molar refractivity (Wildman–Crippen MR) is 161 cm³/mol. The van der Waals surface area contributed by atoms with Crippen LogP contribution in [0.5, 0.6) is 17.2 Å². The van der Waals surface area contributed by atoms with Crippen molar-refractivity contribution < 1.29 is 23.9 Å². The molecule has 0 unspecified atom stereocenters. The second-order valence-corrected chi connectivity index (χ2v) is 11.2. The number of nitrogens with one attached hydrogen (secondary N) is 2. The Morgan fingerprint density at radius 2 is 1.67 bits per heavy atom. The predicted octanol–water partition coefficient (Wildman–Crippen LogP) is 4.69. The highest BCUT2D eigenvalue weighted by molar-refractivity contribution is 6.10. The van der Waals surface area contributed by atoms with Crippen LogP contribution in [0.25, 0.3) is 0 Å². The van der Waals surface area contributed by atoms with E-state index >= 15 is 0 Å². The molecule has 3 amide bonds. The molecule has 2 heterocycles. The van der Waals surface area contributed by atoms with E-state index in [0.717, 1.165) is 32.5 Å². The second kappa shape index (κ2) is 13.1. The lowest BCUT2D eigenvalue weighted by atomic mass is 9.98. The highest BCUT2D eigenvalue weighted by Crippen LogP contribution is 2.34. The average molecular weight is 571 g/mol. The number of fused-ring (bicyclic) bond motifs is 1. The number of hydrogen-bond acceptors (Lipinski definition) is 6. The van der Waals surface area contributed by atoms with E-state index in [1.54, 1.807) is 37.4 Å². The highest BCUT2D eigenvalue weighted by Gasteiger charge is 2.38. The van der Waals surface area contributed by atoms with Crippen LogP contribution in [0.3, 0.4) is 0 Å². The summed E-state index contributed by atoms with van der Waals surface area (Å²) in [4.78, 5) is 44.3. The fourth-order valence-electron chi connectivity index (χ4n) is 5.67. The molecule has 0 saturated carbocycles. The number of ether oxygens (including phenoxy) is 2. The molecule has 1 atom stereocenters. The Bertz CT molecular complexity index is 1420. The van der Waals surface area contributed by atoms with Crippen LogP contribution in [0.15, 0.2) is 72.8 Å². The number of carbonyl (C=O) groups is 3. The monoisotopic (exact) mass is 570 g/mol. The summed E-state index contributed by atoms with van der Waals surface area (Å²) in [6, 6.07) is 21.7. The molecule has 3 aromatic rings. The molecular weight excluding hydrogens is 532 g/mol. The van der Waals surface area contributed by atoms with Crippen LogP contribution in [0.4, 0.5) is 5.69 Å². The van der Waals surface area contributed by atoms with Crippen molar-refractivity contribution in [3.05, 3.63) is 83.9 Å². The van der Waals surface area contributed by atoms with Crippen molar-refractivity contribution in [1.29, 1.82) is 0 Å². The Balaban J connectivity index is 1.29. The maximum absolute atomic E-state index is 13.9. The topological polar surface area (TPSA) is 100 Å². The summed E-state index contributed by atoms with van der Waals surface area (Å²) >= 11 is 0. The smallest absolute Gasteiger partial charge is 0.257 e. The Labute approximate surface area is 246 Å². The third-order valence-corrected chi connectivity index (χ3v) is 7.79. The summed E-state index contributed by atoms with van der Waals surface area (Å²) in [7, 11) is 1.56. The molecule has 9 heteroatoms. The number of piperidine rings is 1. The lowest BCUT2D eigenvalue weighted by Gasteiger charge is -2.36. The summed E-state index contributed by atoms with van der Waals surface area (Å²) in [5.74, 6) is 0.253. The number of para-hydroxylation sites is 2. The lowest BCUT2D eigenvalue weighted by molar-refractivity contribution is -0.129. The van der Waals surface area contributed by atoms with Gasteiger partial charge in [0.1, 0.15) is 18.3 Å². The molecule has 220 valence electrons. The first-order chi connectivity index (χ1) is 20.3. The molecule has 2 N–H and O–H groups in total. The zero-order chi connectivity index (χ0) is 29.6. The summed E-state index contributed by atoms with van der Waals surface area (Å²) in [6.07, 6.45) is 1.65. The lowest BCUT2D eigenvalue weighted by Crippen LogP contribution is -2.56. The molecule has 2 aliphatic rings. The number of rotatable bonds is 9. The third kappa shape index (κ3) is 6.74. The summed E-state index contributed by atoms with van der Waals surface area (Å²) in [5, 5.41) is 6.01. The molecule has 1 fully saturated rings. The molecule has 0 spiro atoms. The van der Waals surface area contributed by atoms with Crippen LogP contribution in [0.1, 0.15) is 42.6 Å². The number of likely N-dealkylation sites (tertiary alicyclic amines) is 1. The maximum Gasteiger partial charge on any atom is 0.257 e. The molecular formula is C33H38N4O5. The summed E-state index contributed by atoms with van der Waals surface area (Å²) in [5.41, 5.74) is 1.92. The Kier molecular flexibility index (Phi) is 9.07. The standard InChI is InChI=1S/C33H38N4O5/c1-22(2)31(32(39)34-24-15-17-36(18-16-24)20-23-9-5-4-6-10-23)37-21-30(38)35-27-14-13-25(19-26(27)33(37)40)42-29-12-8-7-11-28(29)41-3/h4-14,19,22,24,31H,15-18,20-21H2,1-3H3,(H,34,39)(H,35,38)/t31-/m1/s1. The fraction of sp³-hybridized carbons (Fsp3) is 0.364. The number of amides is 3. The van der Waals surface area contributed by atoms with Gasteiger partial charge in [-0.2, -0.15) is 0 Å². The van der Waals surface area contributed by atoms with E-state index in [0.29, 0.717) is 22.9 Å². The van der Waals surface area contributed by atoms with Gasteiger partial charge in [0.05, 0.1) is 18.4 Å². The molecule has 3 aromatic carbocycles. The average Bonchev–Trinajstić information content (AvgIpc) is 3.10. The van der Waals surface area contributed by atoms with Crippen LogP contribution < -0.4 is 20.1 Å². The molecule has 0 aromatic heterocycles.